The average Bonchev–Trinajstić information content (AvgIpc) is 2.48. The molecule has 1 aromatic rings. The number of hydrogen-bond acceptors (Lipinski definition) is 3. The van der Waals surface area contributed by atoms with Gasteiger partial charge in [-0.05, 0) is 38.0 Å². The molecule has 19 heavy (non-hydrogen) atoms. The van der Waals surface area contributed by atoms with E-state index in [1.54, 1.807) is 0 Å². The van der Waals surface area contributed by atoms with Gasteiger partial charge in [0.1, 0.15) is 0 Å². The SMILES string of the molecule is CCN1CCC(N(CCN)Cc2ccccc2)CC1. The van der Waals surface area contributed by atoms with E-state index in [0.29, 0.717) is 6.04 Å². The normalized spacial score (nSPS) is 18.1. The van der Waals surface area contributed by atoms with Gasteiger partial charge in [0.25, 0.3) is 0 Å². The Bertz CT molecular complexity index is 344. The van der Waals surface area contributed by atoms with Crippen molar-refractivity contribution in [2.75, 3.05) is 32.7 Å². The molecule has 0 saturated carbocycles. The highest BCUT2D eigenvalue weighted by Gasteiger charge is 2.23. The first-order valence-corrected chi connectivity index (χ1v) is 7.54. The largest absolute Gasteiger partial charge is 0.329 e. The highest BCUT2D eigenvalue weighted by atomic mass is 15.2. The lowest BCUT2D eigenvalue weighted by atomic mass is 10.0. The average molecular weight is 261 g/mol. The molecule has 1 fully saturated rings. The first-order valence-electron chi connectivity index (χ1n) is 7.54. The minimum atomic E-state index is 0.701. The molecule has 3 nitrogen and oxygen atoms in total. The zero-order valence-corrected chi connectivity index (χ0v) is 12.1. The quantitative estimate of drug-likeness (QED) is 0.849. The third-order valence-electron chi connectivity index (χ3n) is 4.17. The van der Waals surface area contributed by atoms with Crippen molar-refractivity contribution in [3.8, 4) is 0 Å². The van der Waals surface area contributed by atoms with E-state index < -0.39 is 0 Å². The standard InChI is InChI=1S/C16H27N3/c1-2-18-11-8-16(9-12-18)19(13-10-17)14-15-6-4-3-5-7-15/h3-7,16H,2,8-14,17H2,1H3. The number of rotatable bonds is 6. The topological polar surface area (TPSA) is 32.5 Å². The van der Waals surface area contributed by atoms with Crippen molar-refractivity contribution in [2.24, 2.45) is 5.73 Å². The molecule has 0 aliphatic carbocycles. The van der Waals surface area contributed by atoms with Crippen LogP contribution in [0.4, 0.5) is 0 Å². The van der Waals surface area contributed by atoms with Crippen LogP contribution < -0.4 is 5.73 Å². The maximum absolute atomic E-state index is 5.79. The fourth-order valence-corrected chi connectivity index (χ4v) is 2.98. The molecule has 1 aliphatic rings. The summed E-state index contributed by atoms with van der Waals surface area (Å²) in [5.74, 6) is 0. The predicted molar refractivity (Wildman–Crippen MR) is 81.0 cm³/mol. The fourth-order valence-electron chi connectivity index (χ4n) is 2.98. The summed E-state index contributed by atoms with van der Waals surface area (Å²) in [5, 5.41) is 0. The van der Waals surface area contributed by atoms with E-state index in [9.17, 15) is 0 Å². The van der Waals surface area contributed by atoms with Crippen LogP contribution in [0.5, 0.6) is 0 Å². The van der Waals surface area contributed by atoms with Gasteiger partial charge in [-0.2, -0.15) is 0 Å². The molecule has 1 aliphatic heterocycles. The smallest absolute Gasteiger partial charge is 0.0237 e. The van der Waals surface area contributed by atoms with Crippen LogP contribution in [-0.4, -0.2) is 48.6 Å². The molecule has 0 unspecified atom stereocenters. The summed E-state index contributed by atoms with van der Waals surface area (Å²) in [6.45, 7) is 8.69. The molecule has 1 heterocycles. The summed E-state index contributed by atoms with van der Waals surface area (Å²) >= 11 is 0. The zero-order chi connectivity index (χ0) is 13.5. The minimum absolute atomic E-state index is 0.701. The number of piperidine rings is 1. The molecule has 2 rings (SSSR count). The van der Waals surface area contributed by atoms with Gasteiger partial charge >= 0.3 is 0 Å². The summed E-state index contributed by atoms with van der Waals surface area (Å²) in [6.07, 6.45) is 2.56. The Morgan fingerprint density at radius 1 is 1.21 bits per heavy atom. The fraction of sp³-hybridized carbons (Fsp3) is 0.625. The summed E-state index contributed by atoms with van der Waals surface area (Å²) in [7, 11) is 0. The second-order valence-electron chi connectivity index (χ2n) is 5.41. The molecule has 0 amide bonds. The lowest BCUT2D eigenvalue weighted by molar-refractivity contribution is 0.108. The van der Waals surface area contributed by atoms with Gasteiger partial charge < -0.3 is 10.6 Å². The van der Waals surface area contributed by atoms with Gasteiger partial charge in [-0.15, -0.1) is 0 Å². The molecule has 3 heteroatoms. The van der Waals surface area contributed by atoms with Gasteiger partial charge in [-0.25, -0.2) is 0 Å². The van der Waals surface area contributed by atoms with Gasteiger partial charge in [-0.1, -0.05) is 37.3 Å². The second kappa shape index (κ2) is 7.63. The lowest BCUT2D eigenvalue weighted by Crippen LogP contribution is -2.46. The van der Waals surface area contributed by atoms with Crippen molar-refractivity contribution in [3.63, 3.8) is 0 Å². The lowest BCUT2D eigenvalue weighted by Gasteiger charge is -2.38. The minimum Gasteiger partial charge on any atom is -0.329 e. The second-order valence-corrected chi connectivity index (χ2v) is 5.41. The van der Waals surface area contributed by atoms with E-state index in [4.69, 9.17) is 5.73 Å². The highest BCUT2D eigenvalue weighted by Crippen LogP contribution is 2.18. The van der Waals surface area contributed by atoms with Crippen LogP contribution in [0.25, 0.3) is 0 Å². The molecule has 2 N–H and O–H groups in total. The summed E-state index contributed by atoms with van der Waals surface area (Å²) < 4.78 is 0. The van der Waals surface area contributed by atoms with Gasteiger partial charge in [0.05, 0.1) is 0 Å². The van der Waals surface area contributed by atoms with Gasteiger partial charge in [0.15, 0.2) is 0 Å². The van der Waals surface area contributed by atoms with Gasteiger partial charge in [-0.3, -0.25) is 4.90 Å². The maximum Gasteiger partial charge on any atom is 0.0237 e. The third kappa shape index (κ3) is 4.30. The van der Waals surface area contributed by atoms with Crippen molar-refractivity contribution >= 4 is 0 Å². The van der Waals surface area contributed by atoms with Crippen molar-refractivity contribution in [1.82, 2.24) is 9.80 Å². The van der Waals surface area contributed by atoms with Crippen LogP contribution in [0.1, 0.15) is 25.3 Å². The number of nitrogens with two attached hydrogens (primary N) is 1. The van der Waals surface area contributed by atoms with E-state index in [1.165, 1.54) is 38.0 Å². The van der Waals surface area contributed by atoms with Crippen LogP contribution in [0.3, 0.4) is 0 Å². The Morgan fingerprint density at radius 2 is 1.89 bits per heavy atom. The van der Waals surface area contributed by atoms with E-state index in [-0.39, 0.29) is 0 Å². The molecule has 0 spiro atoms. The Morgan fingerprint density at radius 3 is 2.47 bits per heavy atom. The van der Waals surface area contributed by atoms with Crippen LogP contribution >= 0.6 is 0 Å². The predicted octanol–water partition coefficient (Wildman–Crippen LogP) is 1.93. The van der Waals surface area contributed by atoms with Crippen molar-refractivity contribution in [2.45, 2.75) is 32.4 Å². The molecular formula is C16H27N3. The van der Waals surface area contributed by atoms with Crippen molar-refractivity contribution < 1.29 is 0 Å². The number of benzene rings is 1. The molecule has 0 bridgehead atoms. The van der Waals surface area contributed by atoms with E-state index in [0.717, 1.165) is 19.6 Å². The molecule has 106 valence electrons. The first kappa shape index (κ1) is 14.5. The van der Waals surface area contributed by atoms with Crippen LogP contribution in [-0.2, 0) is 6.54 Å². The van der Waals surface area contributed by atoms with Gasteiger partial charge in [0.2, 0.25) is 0 Å². The zero-order valence-electron chi connectivity index (χ0n) is 12.1. The molecule has 1 saturated heterocycles. The van der Waals surface area contributed by atoms with Crippen LogP contribution in [0, 0.1) is 0 Å². The van der Waals surface area contributed by atoms with Crippen LogP contribution in [0.2, 0.25) is 0 Å². The number of likely N-dealkylation sites (tertiary alicyclic amines) is 1. The molecule has 0 aromatic heterocycles. The Kier molecular flexibility index (Phi) is 5.83. The Balaban J connectivity index is 1.92. The number of hydrogen-bond donors (Lipinski definition) is 1. The summed E-state index contributed by atoms with van der Waals surface area (Å²) in [5.41, 5.74) is 7.19. The van der Waals surface area contributed by atoms with E-state index >= 15 is 0 Å². The highest BCUT2D eigenvalue weighted by molar-refractivity contribution is 5.14. The molecule has 0 atom stereocenters. The summed E-state index contributed by atoms with van der Waals surface area (Å²) in [6, 6.07) is 11.4. The summed E-state index contributed by atoms with van der Waals surface area (Å²) in [4.78, 5) is 5.11. The van der Waals surface area contributed by atoms with Crippen molar-refractivity contribution in [3.05, 3.63) is 35.9 Å². The third-order valence-corrected chi connectivity index (χ3v) is 4.17. The first-order chi connectivity index (χ1) is 9.33. The Hall–Kier alpha value is -0.900. The Labute approximate surface area is 117 Å². The van der Waals surface area contributed by atoms with Crippen LogP contribution in [0.15, 0.2) is 30.3 Å². The van der Waals surface area contributed by atoms with E-state index in [1.807, 2.05) is 0 Å². The van der Waals surface area contributed by atoms with Gasteiger partial charge in [0, 0.05) is 25.7 Å². The molecule has 1 aromatic carbocycles. The monoisotopic (exact) mass is 261 g/mol. The molecular weight excluding hydrogens is 234 g/mol. The number of nitrogens with zero attached hydrogens (tertiary/aromatic N) is 2. The van der Waals surface area contributed by atoms with Crippen molar-refractivity contribution in [1.29, 1.82) is 0 Å². The van der Waals surface area contributed by atoms with E-state index in [2.05, 4.69) is 47.1 Å². The maximum atomic E-state index is 5.79. The molecule has 0 radical (unpaired) electrons.